The van der Waals surface area contributed by atoms with Gasteiger partial charge in [0.15, 0.2) is 5.69 Å². The van der Waals surface area contributed by atoms with E-state index in [0.29, 0.717) is 5.39 Å². The largest absolute Gasteiger partial charge is 0.364 e. The first-order valence-corrected chi connectivity index (χ1v) is 8.41. The molecule has 2 aromatic carbocycles. The molecule has 0 unspecified atom stereocenters. The molecule has 0 fully saturated rings. The van der Waals surface area contributed by atoms with Gasteiger partial charge in [0, 0.05) is 28.7 Å². The molecule has 2 aromatic heterocycles. The van der Waals surface area contributed by atoms with Gasteiger partial charge in [-0.15, -0.1) is 0 Å². The van der Waals surface area contributed by atoms with E-state index in [1.165, 1.54) is 0 Å². The summed E-state index contributed by atoms with van der Waals surface area (Å²) in [4.78, 5) is 11.9. The number of hydrogen-bond acceptors (Lipinski definition) is 3. The fourth-order valence-corrected chi connectivity index (χ4v) is 3.22. The van der Waals surface area contributed by atoms with Gasteiger partial charge in [-0.05, 0) is 36.4 Å². The first kappa shape index (κ1) is 15.6. The standard InChI is InChI=1S/C18H14BrN5O/c1-23-8-7-15(21-23)11-5-6-16-14(9-11)17(18(20)25)22-24(16)13-4-2-3-12(19)10-13/h2-10H,1H3,(H2,20,25). The van der Waals surface area contributed by atoms with Gasteiger partial charge in [0.2, 0.25) is 0 Å². The van der Waals surface area contributed by atoms with Crippen LogP contribution >= 0.6 is 15.9 Å². The maximum absolute atomic E-state index is 11.9. The van der Waals surface area contributed by atoms with E-state index in [-0.39, 0.29) is 5.69 Å². The summed E-state index contributed by atoms with van der Waals surface area (Å²) in [6.07, 6.45) is 1.87. The van der Waals surface area contributed by atoms with Crippen LogP contribution in [0.4, 0.5) is 0 Å². The fourth-order valence-electron chi connectivity index (χ4n) is 2.83. The van der Waals surface area contributed by atoms with Gasteiger partial charge in [-0.1, -0.05) is 28.1 Å². The van der Waals surface area contributed by atoms with Crippen molar-refractivity contribution in [3.8, 4) is 16.9 Å². The summed E-state index contributed by atoms with van der Waals surface area (Å²) in [6.45, 7) is 0. The fraction of sp³-hybridized carbons (Fsp3) is 0.0556. The first-order valence-electron chi connectivity index (χ1n) is 7.61. The lowest BCUT2D eigenvalue weighted by molar-refractivity contribution is 0.0996. The quantitative estimate of drug-likeness (QED) is 0.577. The molecule has 0 atom stereocenters. The summed E-state index contributed by atoms with van der Waals surface area (Å²) >= 11 is 3.46. The predicted molar refractivity (Wildman–Crippen MR) is 99.5 cm³/mol. The van der Waals surface area contributed by atoms with Crippen LogP contribution in [0.1, 0.15) is 10.5 Å². The van der Waals surface area contributed by atoms with Gasteiger partial charge in [0.05, 0.1) is 16.9 Å². The van der Waals surface area contributed by atoms with Crippen molar-refractivity contribution in [3.63, 3.8) is 0 Å². The zero-order valence-electron chi connectivity index (χ0n) is 13.3. The number of carbonyl (C=O) groups is 1. The Hall–Kier alpha value is -2.93. The Balaban J connectivity index is 1.96. The minimum absolute atomic E-state index is 0.243. The van der Waals surface area contributed by atoms with Crippen molar-refractivity contribution in [2.75, 3.05) is 0 Å². The Labute approximate surface area is 152 Å². The van der Waals surface area contributed by atoms with E-state index < -0.39 is 5.91 Å². The number of nitrogens with two attached hydrogens (primary N) is 1. The van der Waals surface area contributed by atoms with E-state index in [1.807, 2.05) is 61.8 Å². The van der Waals surface area contributed by atoms with Gasteiger partial charge in [-0.2, -0.15) is 10.2 Å². The van der Waals surface area contributed by atoms with Crippen LogP contribution in [-0.2, 0) is 7.05 Å². The molecule has 0 aliphatic carbocycles. The Morgan fingerprint density at radius 1 is 1.12 bits per heavy atom. The molecular formula is C18H14BrN5O. The minimum Gasteiger partial charge on any atom is -0.364 e. The van der Waals surface area contributed by atoms with E-state index >= 15 is 0 Å². The van der Waals surface area contributed by atoms with Gasteiger partial charge in [-0.3, -0.25) is 9.48 Å². The normalized spacial score (nSPS) is 11.1. The summed E-state index contributed by atoms with van der Waals surface area (Å²) in [5.41, 5.74) is 9.19. The lowest BCUT2D eigenvalue weighted by Gasteiger charge is -2.04. The number of fused-ring (bicyclic) bond motifs is 1. The Bertz CT molecular complexity index is 1110. The number of hydrogen-bond donors (Lipinski definition) is 1. The number of nitrogens with zero attached hydrogens (tertiary/aromatic N) is 4. The van der Waals surface area contributed by atoms with Crippen molar-refractivity contribution < 1.29 is 4.79 Å². The summed E-state index contributed by atoms with van der Waals surface area (Å²) < 4.78 is 4.39. The van der Waals surface area contributed by atoms with Crippen LogP contribution in [0.15, 0.2) is 59.2 Å². The molecule has 6 nitrogen and oxygen atoms in total. The summed E-state index contributed by atoms with van der Waals surface area (Å²) in [5, 5.41) is 9.55. The summed E-state index contributed by atoms with van der Waals surface area (Å²) in [7, 11) is 1.86. The molecule has 124 valence electrons. The molecule has 0 radical (unpaired) electrons. The second-order valence-electron chi connectivity index (χ2n) is 5.71. The molecule has 7 heteroatoms. The monoisotopic (exact) mass is 395 g/mol. The van der Waals surface area contributed by atoms with Gasteiger partial charge in [-0.25, -0.2) is 4.68 Å². The molecule has 0 aliphatic heterocycles. The maximum Gasteiger partial charge on any atom is 0.269 e. The van der Waals surface area contributed by atoms with E-state index in [4.69, 9.17) is 5.73 Å². The summed E-state index contributed by atoms with van der Waals surface area (Å²) in [6, 6.07) is 15.4. The number of benzene rings is 2. The van der Waals surface area contributed by atoms with E-state index in [2.05, 4.69) is 26.1 Å². The number of aryl methyl sites for hydroxylation is 1. The molecule has 1 amide bonds. The van der Waals surface area contributed by atoms with Crippen LogP contribution in [0.3, 0.4) is 0 Å². The SMILES string of the molecule is Cn1ccc(-c2ccc3c(c2)c(C(N)=O)nn3-c2cccc(Br)c2)n1. The Morgan fingerprint density at radius 3 is 2.64 bits per heavy atom. The van der Waals surface area contributed by atoms with Crippen LogP contribution in [0.5, 0.6) is 0 Å². The van der Waals surface area contributed by atoms with Crippen molar-refractivity contribution in [2.24, 2.45) is 12.8 Å². The highest BCUT2D eigenvalue weighted by molar-refractivity contribution is 9.10. The zero-order chi connectivity index (χ0) is 17.6. The maximum atomic E-state index is 11.9. The number of aromatic nitrogens is 4. The van der Waals surface area contributed by atoms with Crippen LogP contribution in [0.2, 0.25) is 0 Å². The average Bonchev–Trinajstić information content (AvgIpc) is 3.18. The smallest absolute Gasteiger partial charge is 0.269 e. The lowest BCUT2D eigenvalue weighted by atomic mass is 10.1. The summed E-state index contributed by atoms with van der Waals surface area (Å²) in [5.74, 6) is -0.558. The van der Waals surface area contributed by atoms with Crippen LogP contribution in [0, 0.1) is 0 Å². The Kier molecular flexibility index (Phi) is 3.65. The molecule has 0 aliphatic rings. The molecule has 0 spiro atoms. The van der Waals surface area contributed by atoms with E-state index in [9.17, 15) is 4.79 Å². The van der Waals surface area contributed by atoms with E-state index in [0.717, 1.165) is 26.9 Å². The zero-order valence-corrected chi connectivity index (χ0v) is 14.9. The minimum atomic E-state index is -0.558. The molecule has 4 rings (SSSR count). The van der Waals surface area contributed by atoms with Gasteiger partial charge < -0.3 is 5.73 Å². The molecule has 0 saturated heterocycles. The highest BCUT2D eigenvalue weighted by Gasteiger charge is 2.17. The number of rotatable bonds is 3. The van der Waals surface area contributed by atoms with Crippen molar-refractivity contribution in [1.29, 1.82) is 0 Å². The highest BCUT2D eigenvalue weighted by atomic mass is 79.9. The highest BCUT2D eigenvalue weighted by Crippen LogP contribution is 2.28. The van der Waals surface area contributed by atoms with Crippen molar-refractivity contribution in [3.05, 3.63) is 64.9 Å². The van der Waals surface area contributed by atoms with Gasteiger partial charge >= 0.3 is 0 Å². The molecular weight excluding hydrogens is 382 g/mol. The van der Waals surface area contributed by atoms with Crippen LogP contribution < -0.4 is 5.73 Å². The van der Waals surface area contributed by atoms with Gasteiger partial charge in [0.25, 0.3) is 5.91 Å². The van der Waals surface area contributed by atoms with Crippen LogP contribution in [-0.4, -0.2) is 25.5 Å². The third-order valence-corrected chi connectivity index (χ3v) is 4.47. The topological polar surface area (TPSA) is 78.7 Å². The molecule has 2 heterocycles. The molecule has 2 N–H and O–H groups in total. The number of halogens is 1. The number of primary amides is 1. The third-order valence-electron chi connectivity index (χ3n) is 3.98. The van der Waals surface area contributed by atoms with E-state index in [1.54, 1.807) is 9.36 Å². The molecule has 0 bridgehead atoms. The molecule has 0 saturated carbocycles. The molecule has 25 heavy (non-hydrogen) atoms. The van der Waals surface area contributed by atoms with Crippen molar-refractivity contribution >= 4 is 32.7 Å². The average molecular weight is 396 g/mol. The predicted octanol–water partition coefficient (Wildman–Crippen LogP) is 3.29. The third kappa shape index (κ3) is 2.72. The first-order chi connectivity index (χ1) is 12.0. The Morgan fingerprint density at radius 2 is 1.96 bits per heavy atom. The number of amides is 1. The lowest BCUT2D eigenvalue weighted by Crippen LogP contribution is -2.12. The number of carbonyl (C=O) groups excluding carboxylic acids is 1. The van der Waals surface area contributed by atoms with Crippen molar-refractivity contribution in [2.45, 2.75) is 0 Å². The van der Waals surface area contributed by atoms with Crippen molar-refractivity contribution in [1.82, 2.24) is 19.6 Å². The second-order valence-corrected chi connectivity index (χ2v) is 6.63. The molecule has 4 aromatic rings. The van der Waals surface area contributed by atoms with Crippen LogP contribution in [0.25, 0.3) is 27.8 Å². The second kappa shape index (κ2) is 5.86. The van der Waals surface area contributed by atoms with Gasteiger partial charge in [0.1, 0.15) is 0 Å².